The Hall–Kier alpha value is -2.07. The number of hydrogen-bond donors (Lipinski definition) is 2. The van der Waals surface area contributed by atoms with Crippen LogP contribution in [0.25, 0.3) is 5.70 Å². The van der Waals surface area contributed by atoms with Gasteiger partial charge in [-0.15, -0.1) is 0 Å². The van der Waals surface area contributed by atoms with Crippen LogP contribution in [0.4, 0.5) is 0 Å². The Bertz CT molecular complexity index is 903. The summed E-state index contributed by atoms with van der Waals surface area (Å²) < 4.78 is 0. The van der Waals surface area contributed by atoms with Crippen molar-refractivity contribution in [3.8, 4) is 0 Å². The summed E-state index contributed by atoms with van der Waals surface area (Å²) in [4.78, 5) is 2.33. The van der Waals surface area contributed by atoms with Crippen molar-refractivity contribution < 1.29 is 5.11 Å². The van der Waals surface area contributed by atoms with Crippen molar-refractivity contribution in [1.82, 2.24) is 10.2 Å². The number of nitrogens with one attached hydrogen (secondary N) is 1. The normalized spacial score (nSPS) is 16.8. The van der Waals surface area contributed by atoms with Crippen LogP contribution in [0.15, 0.2) is 65.9 Å². The molecule has 2 N–H and O–H groups in total. The van der Waals surface area contributed by atoms with Gasteiger partial charge in [0.25, 0.3) is 0 Å². The van der Waals surface area contributed by atoms with Crippen LogP contribution in [-0.2, 0) is 6.42 Å². The van der Waals surface area contributed by atoms with Crippen molar-refractivity contribution in [3.05, 3.63) is 87.6 Å². The highest BCUT2D eigenvalue weighted by Gasteiger charge is 2.22. The summed E-state index contributed by atoms with van der Waals surface area (Å²) in [6.45, 7) is 8.72. The highest BCUT2D eigenvalue weighted by atomic mass is 35.5. The molecule has 0 saturated heterocycles. The summed E-state index contributed by atoms with van der Waals surface area (Å²) in [5.74, 6) is 0. The lowest BCUT2D eigenvalue weighted by molar-refractivity contribution is 0.114. The fourth-order valence-electron chi connectivity index (χ4n) is 3.88. The Labute approximate surface area is 179 Å². The molecule has 1 aliphatic rings. The molecule has 0 saturated carbocycles. The maximum absolute atomic E-state index is 10.9. The molecule has 1 aliphatic heterocycles. The predicted octanol–water partition coefficient (Wildman–Crippen LogP) is 5.57. The molecule has 154 valence electrons. The van der Waals surface area contributed by atoms with Gasteiger partial charge in [0.05, 0.1) is 6.10 Å². The number of aryl methyl sites for hydroxylation is 1. The summed E-state index contributed by atoms with van der Waals surface area (Å²) in [5, 5.41) is 15.2. The van der Waals surface area contributed by atoms with E-state index in [9.17, 15) is 5.11 Å². The molecule has 2 aromatic rings. The molecule has 1 unspecified atom stereocenters. The number of aliphatic hydroxyl groups excluding tert-OH is 1. The SMILES string of the molecule is C/C=C(\NC1=C(C)CCN(CC(O)c2ccccc2CC)C1)c1ccccc1Cl. The van der Waals surface area contributed by atoms with Gasteiger partial charge in [0.1, 0.15) is 0 Å². The molecule has 0 radical (unpaired) electrons. The van der Waals surface area contributed by atoms with Crippen LogP contribution in [0.3, 0.4) is 0 Å². The van der Waals surface area contributed by atoms with Crippen LogP contribution in [0.5, 0.6) is 0 Å². The Morgan fingerprint density at radius 2 is 1.93 bits per heavy atom. The first-order valence-electron chi connectivity index (χ1n) is 10.4. The Balaban J connectivity index is 1.71. The van der Waals surface area contributed by atoms with E-state index in [0.717, 1.165) is 47.8 Å². The molecule has 0 aliphatic carbocycles. The van der Waals surface area contributed by atoms with E-state index in [-0.39, 0.29) is 0 Å². The van der Waals surface area contributed by atoms with E-state index in [1.54, 1.807) is 0 Å². The number of benzene rings is 2. The average molecular weight is 411 g/mol. The van der Waals surface area contributed by atoms with Crippen molar-refractivity contribution in [2.24, 2.45) is 0 Å². The zero-order chi connectivity index (χ0) is 20.8. The Morgan fingerprint density at radius 3 is 2.66 bits per heavy atom. The van der Waals surface area contributed by atoms with Crippen molar-refractivity contribution in [3.63, 3.8) is 0 Å². The second kappa shape index (κ2) is 10.1. The lowest BCUT2D eigenvalue weighted by Gasteiger charge is -2.32. The van der Waals surface area contributed by atoms with Crippen LogP contribution in [-0.4, -0.2) is 29.6 Å². The number of hydrogen-bond acceptors (Lipinski definition) is 3. The van der Waals surface area contributed by atoms with Gasteiger partial charge in [-0.2, -0.15) is 0 Å². The third kappa shape index (κ3) is 5.30. The van der Waals surface area contributed by atoms with Crippen molar-refractivity contribution >= 4 is 17.3 Å². The van der Waals surface area contributed by atoms with E-state index in [2.05, 4.69) is 36.2 Å². The maximum Gasteiger partial charge on any atom is 0.0919 e. The molecule has 1 atom stereocenters. The minimum Gasteiger partial charge on any atom is -0.387 e. The third-order valence-electron chi connectivity index (χ3n) is 5.66. The van der Waals surface area contributed by atoms with Crippen LogP contribution in [0, 0.1) is 0 Å². The lowest BCUT2D eigenvalue weighted by Crippen LogP contribution is -2.38. The Morgan fingerprint density at radius 1 is 1.21 bits per heavy atom. The topological polar surface area (TPSA) is 35.5 Å². The molecule has 0 amide bonds. The van der Waals surface area contributed by atoms with Gasteiger partial charge in [-0.3, -0.25) is 4.90 Å². The molecule has 1 heterocycles. The van der Waals surface area contributed by atoms with Gasteiger partial charge in [0, 0.05) is 41.6 Å². The van der Waals surface area contributed by atoms with E-state index < -0.39 is 6.10 Å². The quantitative estimate of drug-likeness (QED) is 0.626. The van der Waals surface area contributed by atoms with Crippen LogP contribution < -0.4 is 5.32 Å². The number of nitrogens with zero attached hydrogens (tertiary/aromatic N) is 1. The average Bonchev–Trinajstić information content (AvgIpc) is 2.74. The highest BCUT2D eigenvalue weighted by molar-refractivity contribution is 6.32. The van der Waals surface area contributed by atoms with E-state index in [4.69, 9.17) is 11.6 Å². The molecular formula is C25H31ClN2O. The van der Waals surface area contributed by atoms with Gasteiger partial charge in [-0.1, -0.05) is 72.6 Å². The van der Waals surface area contributed by atoms with Gasteiger partial charge in [0.2, 0.25) is 0 Å². The van der Waals surface area contributed by atoms with Gasteiger partial charge < -0.3 is 10.4 Å². The monoisotopic (exact) mass is 410 g/mol. The standard InChI is InChI=1S/C25H31ClN2O/c1-4-19-10-6-7-11-20(19)25(29)17-28-15-14-18(3)24(16-28)27-23(5-2)21-12-8-9-13-22(21)26/h5-13,25,27,29H,4,14-17H2,1-3H3/b23-5-. The summed E-state index contributed by atoms with van der Waals surface area (Å²) in [6, 6.07) is 16.1. The fourth-order valence-corrected chi connectivity index (χ4v) is 4.12. The zero-order valence-corrected chi connectivity index (χ0v) is 18.3. The van der Waals surface area contributed by atoms with E-state index >= 15 is 0 Å². The van der Waals surface area contributed by atoms with Gasteiger partial charge in [-0.25, -0.2) is 0 Å². The fraction of sp³-hybridized carbons (Fsp3) is 0.360. The van der Waals surface area contributed by atoms with Crippen molar-refractivity contribution in [2.75, 3.05) is 19.6 Å². The maximum atomic E-state index is 10.9. The molecule has 0 fully saturated rings. The molecule has 0 aromatic heterocycles. The molecule has 0 spiro atoms. The van der Waals surface area contributed by atoms with Crippen molar-refractivity contribution in [1.29, 1.82) is 0 Å². The minimum absolute atomic E-state index is 0.476. The molecule has 29 heavy (non-hydrogen) atoms. The van der Waals surface area contributed by atoms with E-state index in [1.165, 1.54) is 16.8 Å². The third-order valence-corrected chi connectivity index (χ3v) is 5.99. The molecule has 3 rings (SSSR count). The first-order valence-corrected chi connectivity index (χ1v) is 10.8. The largest absolute Gasteiger partial charge is 0.387 e. The summed E-state index contributed by atoms with van der Waals surface area (Å²) in [7, 11) is 0. The summed E-state index contributed by atoms with van der Waals surface area (Å²) in [6.07, 6.45) is 3.51. The van der Waals surface area contributed by atoms with Crippen LogP contribution in [0.1, 0.15) is 50.0 Å². The molecular weight excluding hydrogens is 380 g/mol. The molecule has 4 heteroatoms. The highest BCUT2D eigenvalue weighted by Crippen LogP contribution is 2.26. The minimum atomic E-state index is -0.476. The molecule has 2 aromatic carbocycles. The molecule has 0 bridgehead atoms. The second-order valence-corrected chi connectivity index (χ2v) is 8.03. The first-order chi connectivity index (χ1) is 14.0. The van der Waals surface area contributed by atoms with E-state index in [0.29, 0.717) is 6.54 Å². The number of β-amino-alcohol motifs (C(OH)–C–C–N with tert-alkyl or cyclic N) is 1. The number of aliphatic hydroxyl groups is 1. The summed E-state index contributed by atoms with van der Waals surface area (Å²) in [5.41, 5.74) is 6.84. The number of halogens is 1. The Kier molecular flexibility index (Phi) is 7.54. The van der Waals surface area contributed by atoms with Gasteiger partial charge >= 0.3 is 0 Å². The second-order valence-electron chi connectivity index (χ2n) is 7.62. The number of allylic oxidation sites excluding steroid dienone is 1. The predicted molar refractivity (Wildman–Crippen MR) is 123 cm³/mol. The van der Waals surface area contributed by atoms with Crippen molar-refractivity contribution in [2.45, 2.75) is 39.7 Å². The number of rotatable bonds is 7. The van der Waals surface area contributed by atoms with E-state index in [1.807, 2.05) is 49.4 Å². The van der Waals surface area contributed by atoms with Gasteiger partial charge in [-0.05, 0) is 43.9 Å². The lowest BCUT2D eigenvalue weighted by atomic mass is 9.99. The van der Waals surface area contributed by atoms with Crippen LogP contribution in [0.2, 0.25) is 5.02 Å². The smallest absolute Gasteiger partial charge is 0.0919 e. The van der Waals surface area contributed by atoms with Gasteiger partial charge in [0.15, 0.2) is 0 Å². The summed E-state index contributed by atoms with van der Waals surface area (Å²) >= 11 is 6.41. The van der Waals surface area contributed by atoms with Crippen LogP contribution >= 0.6 is 11.6 Å². The molecule has 3 nitrogen and oxygen atoms in total. The zero-order valence-electron chi connectivity index (χ0n) is 17.6. The first kappa shape index (κ1) is 21.6.